The monoisotopic (exact) mass is 527 g/mol. The number of aliphatic carboxylic acids is 1. The van der Waals surface area contributed by atoms with Crippen LogP contribution in [-0.4, -0.2) is 55.6 Å². The van der Waals surface area contributed by atoms with Gasteiger partial charge in [0.05, 0.1) is 11.2 Å². The third kappa shape index (κ3) is 4.90. The van der Waals surface area contributed by atoms with E-state index in [1.807, 2.05) is 6.07 Å². The molecule has 2 aromatic carbocycles. The van der Waals surface area contributed by atoms with Gasteiger partial charge in [0.15, 0.2) is 11.2 Å². The second-order valence-electron chi connectivity index (χ2n) is 8.38. The largest absolute Gasteiger partial charge is 0.480 e. The molecule has 4 rings (SSSR count). The van der Waals surface area contributed by atoms with Crippen molar-refractivity contribution in [2.45, 2.75) is 23.9 Å². The number of aromatic nitrogens is 4. The van der Waals surface area contributed by atoms with Crippen molar-refractivity contribution in [3.63, 3.8) is 0 Å². The Balaban J connectivity index is 1.57. The quantitative estimate of drug-likeness (QED) is 0.344. The number of rotatable bonds is 9. The molecule has 0 amide bonds. The summed E-state index contributed by atoms with van der Waals surface area (Å²) in [4.78, 5) is 41.6. The Morgan fingerprint density at radius 2 is 1.68 bits per heavy atom. The first-order valence-electron chi connectivity index (χ1n) is 11.2. The molecule has 0 aliphatic carbocycles. The van der Waals surface area contributed by atoms with Crippen LogP contribution < -0.4 is 16.0 Å². The number of benzene rings is 2. The van der Waals surface area contributed by atoms with Gasteiger partial charge in [-0.15, -0.1) is 0 Å². The van der Waals surface area contributed by atoms with E-state index in [1.54, 1.807) is 31.3 Å². The summed E-state index contributed by atoms with van der Waals surface area (Å²) in [5.41, 5.74) is -0.947. The molecule has 12 nitrogen and oxygen atoms in total. The summed E-state index contributed by atoms with van der Waals surface area (Å²) in [5.74, 6) is -0.434. The second kappa shape index (κ2) is 10.0. The second-order valence-corrected chi connectivity index (χ2v) is 10.4. The zero-order chi connectivity index (χ0) is 26.9. The van der Waals surface area contributed by atoms with Crippen molar-refractivity contribution in [2.24, 2.45) is 14.1 Å². The summed E-state index contributed by atoms with van der Waals surface area (Å²) >= 11 is 0. The van der Waals surface area contributed by atoms with Crippen LogP contribution in [0, 0.1) is 0 Å². The van der Waals surface area contributed by atoms with Gasteiger partial charge in [-0.1, -0.05) is 18.2 Å². The molecule has 1 N–H and O–H groups in total. The topological polar surface area (TPSA) is 146 Å². The summed E-state index contributed by atoms with van der Waals surface area (Å²) in [6, 6.07) is 13.0. The highest BCUT2D eigenvalue weighted by Gasteiger charge is 2.33. The van der Waals surface area contributed by atoms with Gasteiger partial charge in [0, 0.05) is 27.7 Å². The lowest BCUT2D eigenvalue weighted by molar-refractivity contribution is -0.141. The maximum Gasteiger partial charge on any atom is 0.332 e. The molecular formula is C24H25N5O7S. The Hall–Kier alpha value is -4.23. The molecular weight excluding hydrogens is 502 g/mol. The molecule has 0 aliphatic rings. The minimum absolute atomic E-state index is 0.133. The van der Waals surface area contributed by atoms with Crippen LogP contribution in [0.4, 0.5) is 0 Å². The predicted octanol–water partition coefficient (Wildman–Crippen LogP) is 1.39. The van der Waals surface area contributed by atoms with E-state index in [1.165, 1.54) is 46.8 Å². The summed E-state index contributed by atoms with van der Waals surface area (Å²) in [6.07, 6.45) is 1.07. The number of carboxylic acids is 1. The summed E-state index contributed by atoms with van der Waals surface area (Å²) in [6.45, 7) is -0.312. The molecule has 0 saturated heterocycles. The maximum absolute atomic E-state index is 13.2. The summed E-state index contributed by atoms with van der Waals surface area (Å²) in [5, 5.41) is 9.81. The SMILES string of the molecule is CN(C(CCn1c(=O)c2c(ncn2C)n(C)c1=O)C(=O)O)S(=O)(=O)c1ccc(Oc2ccccc2)cc1. The van der Waals surface area contributed by atoms with Crippen LogP contribution in [0.5, 0.6) is 11.5 Å². The molecule has 37 heavy (non-hydrogen) atoms. The fourth-order valence-electron chi connectivity index (χ4n) is 3.94. The highest BCUT2D eigenvalue weighted by Crippen LogP contribution is 2.25. The van der Waals surface area contributed by atoms with Gasteiger partial charge in [-0.2, -0.15) is 4.31 Å². The average Bonchev–Trinajstić information content (AvgIpc) is 3.27. The van der Waals surface area contributed by atoms with Crippen molar-refractivity contribution in [1.29, 1.82) is 0 Å². The number of aryl methyl sites for hydroxylation is 2. The molecule has 1 atom stereocenters. The number of likely N-dealkylation sites (N-methyl/N-ethyl adjacent to an activating group) is 1. The van der Waals surface area contributed by atoms with E-state index >= 15 is 0 Å². The third-order valence-corrected chi connectivity index (χ3v) is 7.91. The summed E-state index contributed by atoms with van der Waals surface area (Å²) < 4.78 is 36.3. The van der Waals surface area contributed by atoms with Crippen molar-refractivity contribution >= 4 is 27.2 Å². The van der Waals surface area contributed by atoms with Gasteiger partial charge in [0.25, 0.3) is 5.56 Å². The number of hydrogen-bond acceptors (Lipinski definition) is 7. The minimum Gasteiger partial charge on any atom is -0.480 e. The third-order valence-electron chi connectivity index (χ3n) is 6.03. The van der Waals surface area contributed by atoms with Crippen LogP contribution in [0.25, 0.3) is 11.2 Å². The van der Waals surface area contributed by atoms with Crippen LogP contribution in [0.2, 0.25) is 0 Å². The van der Waals surface area contributed by atoms with Crippen LogP contribution in [0.15, 0.2) is 75.4 Å². The van der Waals surface area contributed by atoms with E-state index in [2.05, 4.69) is 4.98 Å². The van der Waals surface area contributed by atoms with Crippen molar-refractivity contribution in [1.82, 2.24) is 23.0 Å². The first kappa shape index (κ1) is 25.9. The van der Waals surface area contributed by atoms with Gasteiger partial charge >= 0.3 is 11.7 Å². The number of sulfonamides is 1. The first-order chi connectivity index (χ1) is 17.5. The Labute approximate surface area is 211 Å². The molecule has 2 aromatic heterocycles. The standard InChI is InChI=1S/C24H25N5O7S/c1-26-15-25-21-20(26)22(30)29(24(33)27(21)2)14-13-19(23(31)32)28(3)37(34,35)18-11-9-17(10-12-18)36-16-7-5-4-6-8-16/h4-12,15,19H,13-14H2,1-3H3,(H,31,32). The van der Waals surface area contributed by atoms with Gasteiger partial charge in [-0.25, -0.2) is 18.2 Å². The van der Waals surface area contributed by atoms with Crippen LogP contribution >= 0.6 is 0 Å². The van der Waals surface area contributed by atoms with Gasteiger partial charge in [-0.05, 0) is 42.8 Å². The molecule has 0 aliphatic heterocycles. The van der Waals surface area contributed by atoms with Crippen molar-refractivity contribution < 1.29 is 23.1 Å². The number of carbonyl (C=O) groups is 1. The Bertz CT molecular complexity index is 1670. The summed E-state index contributed by atoms with van der Waals surface area (Å²) in [7, 11) is -0.0317. The number of carboxylic acid groups (broad SMARTS) is 1. The molecule has 0 radical (unpaired) electrons. The van der Waals surface area contributed by atoms with Crippen molar-refractivity contribution in [3.8, 4) is 11.5 Å². The highest BCUT2D eigenvalue weighted by molar-refractivity contribution is 7.89. The molecule has 194 valence electrons. The van der Waals surface area contributed by atoms with E-state index in [0.29, 0.717) is 11.5 Å². The van der Waals surface area contributed by atoms with Gasteiger partial charge < -0.3 is 14.4 Å². The lowest BCUT2D eigenvalue weighted by Gasteiger charge is -2.24. The zero-order valence-corrected chi connectivity index (χ0v) is 21.1. The Morgan fingerprint density at radius 3 is 2.30 bits per heavy atom. The molecule has 0 bridgehead atoms. The Morgan fingerprint density at radius 1 is 1.05 bits per heavy atom. The average molecular weight is 528 g/mol. The van der Waals surface area contributed by atoms with Crippen LogP contribution in [0.1, 0.15) is 6.42 Å². The fraction of sp³-hybridized carbons (Fsp3) is 0.250. The molecule has 2 heterocycles. The van der Waals surface area contributed by atoms with E-state index in [0.717, 1.165) is 15.9 Å². The first-order valence-corrected chi connectivity index (χ1v) is 12.6. The fourth-order valence-corrected chi connectivity index (χ4v) is 5.29. The lowest BCUT2D eigenvalue weighted by Crippen LogP contribution is -2.45. The van der Waals surface area contributed by atoms with Crippen molar-refractivity contribution in [2.75, 3.05) is 7.05 Å². The van der Waals surface area contributed by atoms with Crippen LogP contribution in [0.3, 0.4) is 0 Å². The van der Waals surface area contributed by atoms with Crippen LogP contribution in [-0.2, 0) is 35.5 Å². The number of para-hydroxylation sites is 1. The highest BCUT2D eigenvalue weighted by atomic mass is 32.2. The molecule has 1 unspecified atom stereocenters. The van der Waals surface area contributed by atoms with Gasteiger partial charge in [0.1, 0.15) is 17.5 Å². The number of ether oxygens (including phenoxy) is 1. The van der Waals surface area contributed by atoms with E-state index in [4.69, 9.17) is 4.74 Å². The Kier molecular flexibility index (Phi) is 7.01. The van der Waals surface area contributed by atoms with Gasteiger partial charge in [-0.3, -0.25) is 18.7 Å². The van der Waals surface area contributed by atoms with E-state index in [9.17, 15) is 27.9 Å². The zero-order valence-electron chi connectivity index (χ0n) is 20.3. The number of imidazole rings is 1. The molecule has 4 aromatic rings. The normalized spacial score (nSPS) is 12.6. The predicted molar refractivity (Wildman–Crippen MR) is 134 cm³/mol. The van der Waals surface area contributed by atoms with Gasteiger partial charge in [0.2, 0.25) is 10.0 Å². The van der Waals surface area contributed by atoms with E-state index in [-0.39, 0.29) is 29.0 Å². The number of nitrogens with zero attached hydrogens (tertiary/aromatic N) is 5. The number of hydrogen-bond donors (Lipinski definition) is 1. The molecule has 0 fully saturated rings. The molecule has 13 heteroatoms. The lowest BCUT2D eigenvalue weighted by atomic mass is 10.2. The van der Waals surface area contributed by atoms with Crippen molar-refractivity contribution in [3.05, 3.63) is 81.8 Å². The molecule has 0 saturated carbocycles. The number of fused-ring (bicyclic) bond motifs is 1. The molecule has 0 spiro atoms. The minimum atomic E-state index is -4.23. The smallest absolute Gasteiger partial charge is 0.332 e. The van der Waals surface area contributed by atoms with E-state index < -0.39 is 33.3 Å². The maximum atomic E-state index is 13.2.